The number of nitrogens with zero attached hydrogens (tertiary/aromatic N) is 3. The first-order valence-corrected chi connectivity index (χ1v) is 7.07. The summed E-state index contributed by atoms with van der Waals surface area (Å²) in [5.41, 5.74) is 5.64. The van der Waals surface area contributed by atoms with Crippen LogP contribution in [-0.4, -0.2) is 20.5 Å². The monoisotopic (exact) mass is 242 g/mol. The van der Waals surface area contributed by atoms with Gasteiger partial charge in [0.05, 0.1) is 6.54 Å². The number of hydrogen-bond donors (Lipinski definition) is 1. The van der Waals surface area contributed by atoms with Crippen LogP contribution >= 0.6 is 11.8 Å². The molecule has 92 valence electrons. The second-order valence-electron chi connectivity index (χ2n) is 3.81. The number of nitrogens with two attached hydrogens (primary N) is 1. The van der Waals surface area contributed by atoms with Crippen LogP contribution in [0.5, 0.6) is 0 Å². The van der Waals surface area contributed by atoms with Gasteiger partial charge < -0.3 is 10.3 Å². The summed E-state index contributed by atoms with van der Waals surface area (Å²) in [6.45, 7) is 5.82. The van der Waals surface area contributed by atoms with Crippen molar-refractivity contribution in [2.24, 2.45) is 5.73 Å². The van der Waals surface area contributed by atoms with Gasteiger partial charge in [-0.25, -0.2) is 0 Å². The van der Waals surface area contributed by atoms with E-state index in [0.717, 1.165) is 29.7 Å². The van der Waals surface area contributed by atoms with Gasteiger partial charge in [-0.15, -0.1) is 10.2 Å². The molecule has 0 radical (unpaired) electrons. The summed E-state index contributed by atoms with van der Waals surface area (Å²) >= 11 is 1.80. The fourth-order valence-electron chi connectivity index (χ4n) is 1.54. The van der Waals surface area contributed by atoms with Crippen molar-refractivity contribution in [2.75, 3.05) is 5.75 Å². The van der Waals surface area contributed by atoms with Crippen LogP contribution in [0.15, 0.2) is 5.16 Å². The zero-order valence-corrected chi connectivity index (χ0v) is 11.1. The Hall–Kier alpha value is -0.550. The standard InChI is InChI=1S/C11H22N4S/c1-3-5-6-8-16-11-14-13-10(9-12)15(11)7-4-2/h3-9,12H2,1-2H3. The molecule has 0 fully saturated rings. The SMILES string of the molecule is CCCCCSc1nnc(CN)n1CCC. The van der Waals surface area contributed by atoms with E-state index in [1.165, 1.54) is 19.3 Å². The molecule has 0 aliphatic rings. The normalized spacial score (nSPS) is 10.9. The largest absolute Gasteiger partial charge is 0.324 e. The maximum atomic E-state index is 5.64. The second-order valence-corrected chi connectivity index (χ2v) is 4.87. The molecule has 1 aromatic heterocycles. The van der Waals surface area contributed by atoms with Crippen LogP contribution in [0.1, 0.15) is 45.4 Å². The first-order valence-electron chi connectivity index (χ1n) is 6.08. The zero-order chi connectivity index (χ0) is 11.8. The highest BCUT2D eigenvalue weighted by Crippen LogP contribution is 2.19. The van der Waals surface area contributed by atoms with Gasteiger partial charge in [0.15, 0.2) is 5.16 Å². The van der Waals surface area contributed by atoms with Crippen LogP contribution < -0.4 is 5.73 Å². The third kappa shape index (κ3) is 3.79. The Labute approximate surface area is 102 Å². The van der Waals surface area contributed by atoms with Crippen molar-refractivity contribution in [3.8, 4) is 0 Å². The Balaban J connectivity index is 2.53. The lowest BCUT2D eigenvalue weighted by Gasteiger charge is -2.07. The van der Waals surface area contributed by atoms with Crippen molar-refractivity contribution in [1.82, 2.24) is 14.8 Å². The minimum absolute atomic E-state index is 0.475. The lowest BCUT2D eigenvalue weighted by molar-refractivity contribution is 0.592. The summed E-state index contributed by atoms with van der Waals surface area (Å²) in [6.07, 6.45) is 4.89. The van der Waals surface area contributed by atoms with Crippen LogP contribution in [0.3, 0.4) is 0 Å². The smallest absolute Gasteiger partial charge is 0.191 e. The van der Waals surface area contributed by atoms with Gasteiger partial charge in [0.2, 0.25) is 0 Å². The highest BCUT2D eigenvalue weighted by molar-refractivity contribution is 7.99. The lowest BCUT2D eigenvalue weighted by Crippen LogP contribution is -2.09. The average Bonchev–Trinajstić information content (AvgIpc) is 2.68. The number of aromatic nitrogens is 3. The minimum atomic E-state index is 0.475. The van der Waals surface area contributed by atoms with Gasteiger partial charge in [0, 0.05) is 12.3 Å². The topological polar surface area (TPSA) is 56.7 Å². The molecule has 2 N–H and O–H groups in total. The molecule has 1 heterocycles. The molecular formula is C11H22N4S. The predicted molar refractivity (Wildman–Crippen MR) is 68.5 cm³/mol. The average molecular weight is 242 g/mol. The minimum Gasteiger partial charge on any atom is -0.324 e. The Morgan fingerprint density at radius 2 is 2.00 bits per heavy atom. The predicted octanol–water partition coefficient (Wildman–Crippen LogP) is 2.43. The van der Waals surface area contributed by atoms with Crippen LogP contribution in [0.25, 0.3) is 0 Å². The van der Waals surface area contributed by atoms with Gasteiger partial charge in [-0.3, -0.25) is 0 Å². The van der Waals surface area contributed by atoms with Crippen molar-refractivity contribution in [2.45, 2.75) is 57.8 Å². The summed E-state index contributed by atoms with van der Waals surface area (Å²) < 4.78 is 2.15. The third-order valence-electron chi connectivity index (χ3n) is 2.40. The Kier molecular flexibility index (Phi) is 6.49. The number of unbranched alkanes of at least 4 members (excludes halogenated alkanes) is 2. The highest BCUT2D eigenvalue weighted by atomic mass is 32.2. The van der Waals surface area contributed by atoms with Gasteiger partial charge >= 0.3 is 0 Å². The van der Waals surface area contributed by atoms with Crippen molar-refractivity contribution in [3.63, 3.8) is 0 Å². The molecule has 0 saturated heterocycles. The van der Waals surface area contributed by atoms with E-state index in [1.807, 2.05) is 0 Å². The van der Waals surface area contributed by atoms with Crippen LogP contribution in [0.4, 0.5) is 0 Å². The molecule has 0 atom stereocenters. The molecule has 0 aromatic carbocycles. The molecule has 0 aliphatic heterocycles. The van der Waals surface area contributed by atoms with Crippen LogP contribution in [0.2, 0.25) is 0 Å². The molecule has 0 spiro atoms. The van der Waals surface area contributed by atoms with Crippen LogP contribution in [0, 0.1) is 0 Å². The molecule has 4 nitrogen and oxygen atoms in total. The highest BCUT2D eigenvalue weighted by Gasteiger charge is 2.09. The van der Waals surface area contributed by atoms with Gasteiger partial charge in [-0.2, -0.15) is 0 Å². The summed E-state index contributed by atoms with van der Waals surface area (Å²) in [5, 5.41) is 9.34. The Morgan fingerprint density at radius 3 is 2.62 bits per heavy atom. The molecular weight excluding hydrogens is 220 g/mol. The fourth-order valence-corrected chi connectivity index (χ4v) is 2.52. The number of thioether (sulfide) groups is 1. The Morgan fingerprint density at radius 1 is 1.19 bits per heavy atom. The van der Waals surface area contributed by atoms with Crippen molar-refractivity contribution >= 4 is 11.8 Å². The second kappa shape index (κ2) is 7.68. The maximum Gasteiger partial charge on any atom is 0.191 e. The van der Waals surface area contributed by atoms with Gasteiger partial charge in [0.1, 0.15) is 5.82 Å². The molecule has 0 aliphatic carbocycles. The maximum absolute atomic E-state index is 5.64. The first kappa shape index (κ1) is 13.5. The molecule has 16 heavy (non-hydrogen) atoms. The summed E-state index contributed by atoms with van der Waals surface area (Å²) in [7, 11) is 0. The summed E-state index contributed by atoms with van der Waals surface area (Å²) in [6, 6.07) is 0. The van der Waals surface area contributed by atoms with Crippen molar-refractivity contribution < 1.29 is 0 Å². The molecule has 0 unspecified atom stereocenters. The number of hydrogen-bond acceptors (Lipinski definition) is 4. The summed E-state index contributed by atoms with van der Waals surface area (Å²) in [4.78, 5) is 0. The molecule has 1 aromatic rings. The van der Waals surface area contributed by atoms with E-state index in [0.29, 0.717) is 6.54 Å². The van der Waals surface area contributed by atoms with E-state index in [4.69, 9.17) is 5.73 Å². The molecule has 0 saturated carbocycles. The summed E-state index contributed by atoms with van der Waals surface area (Å²) in [5.74, 6) is 2.03. The number of rotatable bonds is 8. The zero-order valence-electron chi connectivity index (χ0n) is 10.3. The van der Waals surface area contributed by atoms with Crippen LogP contribution in [-0.2, 0) is 13.1 Å². The van der Waals surface area contributed by atoms with E-state index >= 15 is 0 Å². The first-order chi connectivity index (χ1) is 7.83. The fraction of sp³-hybridized carbons (Fsp3) is 0.818. The van der Waals surface area contributed by atoms with Crippen molar-refractivity contribution in [3.05, 3.63) is 5.82 Å². The van der Waals surface area contributed by atoms with E-state index in [9.17, 15) is 0 Å². The van der Waals surface area contributed by atoms with Crippen molar-refractivity contribution in [1.29, 1.82) is 0 Å². The Bertz CT molecular complexity index is 298. The molecule has 0 bridgehead atoms. The molecule has 0 amide bonds. The third-order valence-corrected chi connectivity index (χ3v) is 3.46. The lowest BCUT2D eigenvalue weighted by atomic mass is 10.3. The molecule has 5 heteroatoms. The van der Waals surface area contributed by atoms with Gasteiger partial charge in [-0.05, 0) is 12.8 Å². The van der Waals surface area contributed by atoms with Gasteiger partial charge in [0.25, 0.3) is 0 Å². The van der Waals surface area contributed by atoms with E-state index < -0.39 is 0 Å². The van der Waals surface area contributed by atoms with E-state index in [-0.39, 0.29) is 0 Å². The quantitative estimate of drug-likeness (QED) is 0.562. The van der Waals surface area contributed by atoms with E-state index in [1.54, 1.807) is 11.8 Å². The molecule has 1 rings (SSSR count). The van der Waals surface area contributed by atoms with E-state index in [2.05, 4.69) is 28.6 Å². The van der Waals surface area contributed by atoms with Gasteiger partial charge in [-0.1, -0.05) is 38.5 Å².